The Morgan fingerprint density at radius 3 is 2.54 bits per heavy atom. The Morgan fingerprint density at radius 2 is 2.00 bits per heavy atom. The second-order valence-corrected chi connectivity index (χ2v) is 4.37. The minimum atomic E-state index is -0.672. The molecule has 0 spiro atoms. The smallest absolute Gasteiger partial charge is 0.423 e. The van der Waals surface area contributed by atoms with E-state index in [0.29, 0.717) is 5.82 Å². The Hall–Kier alpha value is -3.20. The second-order valence-electron chi connectivity index (χ2n) is 4.37. The number of H-pyrrole nitrogens is 1. The van der Waals surface area contributed by atoms with Crippen molar-refractivity contribution in [3.63, 3.8) is 0 Å². The Labute approximate surface area is 143 Å². The van der Waals surface area contributed by atoms with Gasteiger partial charge in [0, 0.05) is 6.08 Å². The van der Waals surface area contributed by atoms with E-state index in [4.69, 9.17) is 16.2 Å². The van der Waals surface area contributed by atoms with Crippen molar-refractivity contribution < 1.29 is 27.1 Å². The summed E-state index contributed by atoms with van der Waals surface area (Å²) < 4.78 is 5.00. The van der Waals surface area contributed by atoms with Crippen molar-refractivity contribution in [2.24, 2.45) is 16.5 Å². The molecular formula is C14H15ClN6O3. The molecule has 0 amide bonds. The molecule has 0 unspecified atom stereocenters. The Morgan fingerprint density at radius 1 is 1.33 bits per heavy atom. The van der Waals surface area contributed by atoms with E-state index in [1.165, 1.54) is 7.11 Å². The van der Waals surface area contributed by atoms with Crippen LogP contribution >= 0.6 is 0 Å². The highest BCUT2D eigenvalue weighted by molar-refractivity contribution is 5.80. The van der Waals surface area contributed by atoms with Gasteiger partial charge in [0.05, 0.1) is 12.0 Å². The summed E-state index contributed by atoms with van der Waals surface area (Å²) in [6.07, 6.45) is 3.41. The largest absolute Gasteiger partial charge is 1.00 e. The van der Waals surface area contributed by atoms with E-state index in [9.17, 15) is 10.1 Å². The molecule has 10 heteroatoms. The number of hydrogen-bond acceptors (Lipinski definition) is 5. The fourth-order valence-corrected chi connectivity index (χ4v) is 1.80. The van der Waals surface area contributed by atoms with E-state index >= 15 is 0 Å². The van der Waals surface area contributed by atoms with E-state index in [0.717, 1.165) is 5.56 Å². The van der Waals surface area contributed by atoms with Crippen LogP contribution in [0.15, 0.2) is 35.3 Å². The molecule has 0 saturated heterocycles. The van der Waals surface area contributed by atoms with Gasteiger partial charge in [0.2, 0.25) is 0 Å². The molecule has 2 aromatic rings. The lowest BCUT2D eigenvalue weighted by Gasteiger charge is -1.99. The van der Waals surface area contributed by atoms with Crippen LogP contribution in [0.4, 0.5) is 11.5 Å². The zero-order valence-corrected chi connectivity index (χ0v) is 13.4. The third-order valence-corrected chi connectivity index (χ3v) is 2.75. The number of benzene rings is 1. The van der Waals surface area contributed by atoms with Gasteiger partial charge in [-0.3, -0.25) is 10.1 Å². The molecule has 9 nitrogen and oxygen atoms in total. The molecule has 1 aromatic heterocycles. The summed E-state index contributed by atoms with van der Waals surface area (Å²) in [4.78, 5) is 21.0. The minimum absolute atomic E-state index is 0. The second kappa shape index (κ2) is 8.44. The number of aromatic nitrogens is 2. The normalized spacial score (nSPS) is 10.0. The van der Waals surface area contributed by atoms with Crippen molar-refractivity contribution >= 4 is 29.6 Å². The highest BCUT2D eigenvalue weighted by Crippen LogP contribution is 2.31. The standard InChI is InChI=1S/C14H14N6O3.ClH/c1-23-13-11(20(21)22)12(19-14(15)16)17-10(18-13)8-7-9-5-3-2-4-6-9;/h2-8H,1H3,(H4,15,16,17,18,19);1H/b8-7+;. The number of halogens is 1. The Kier molecular flexibility index (Phi) is 6.63. The zero-order chi connectivity index (χ0) is 16.8. The van der Waals surface area contributed by atoms with Crippen LogP contribution in [-0.4, -0.2) is 23.0 Å². The number of aliphatic imine (C=N–C) groups is 1. The number of nitrogens with one attached hydrogen (secondary N) is 1. The number of aromatic amines is 1. The van der Waals surface area contributed by atoms with Gasteiger partial charge < -0.3 is 28.6 Å². The van der Waals surface area contributed by atoms with E-state index in [-0.39, 0.29) is 30.1 Å². The molecule has 24 heavy (non-hydrogen) atoms. The van der Waals surface area contributed by atoms with Crippen molar-refractivity contribution in [2.45, 2.75) is 0 Å². The van der Waals surface area contributed by atoms with E-state index in [2.05, 4.69) is 15.0 Å². The van der Waals surface area contributed by atoms with E-state index < -0.39 is 10.6 Å². The van der Waals surface area contributed by atoms with Gasteiger partial charge in [-0.15, -0.1) is 0 Å². The first-order chi connectivity index (χ1) is 11.0. The quantitative estimate of drug-likeness (QED) is 0.273. The van der Waals surface area contributed by atoms with E-state index in [1.807, 2.05) is 30.3 Å². The number of rotatable bonds is 5. The van der Waals surface area contributed by atoms with Crippen LogP contribution in [0, 0.1) is 10.1 Å². The lowest BCUT2D eigenvalue weighted by atomic mass is 10.2. The lowest BCUT2D eigenvalue weighted by Crippen LogP contribution is -3.00. The number of ether oxygens (including phenoxy) is 1. The maximum absolute atomic E-state index is 11.2. The Balaban J connectivity index is 0.00000288. The highest BCUT2D eigenvalue weighted by atomic mass is 35.5. The summed E-state index contributed by atoms with van der Waals surface area (Å²) in [5.74, 6) is -0.376. The SMILES string of the molecule is COc1[nH+]c(/C=C/c2ccccc2)nc(N=C(N)N)c1[N+](=O)[O-].[Cl-]. The van der Waals surface area contributed by atoms with Crippen LogP contribution in [0.3, 0.4) is 0 Å². The van der Waals surface area contributed by atoms with Crippen molar-refractivity contribution in [3.8, 4) is 5.88 Å². The minimum Gasteiger partial charge on any atom is -1.00 e. The Bertz CT molecular complexity index is 776. The maximum atomic E-state index is 11.2. The number of nitrogens with zero attached hydrogens (tertiary/aromatic N) is 3. The van der Waals surface area contributed by atoms with E-state index in [1.54, 1.807) is 12.2 Å². The molecule has 0 radical (unpaired) electrons. The molecule has 0 bridgehead atoms. The summed E-state index contributed by atoms with van der Waals surface area (Å²) in [5.41, 5.74) is 11.1. The predicted molar refractivity (Wildman–Crippen MR) is 84.8 cm³/mol. The van der Waals surface area contributed by atoms with Crippen molar-refractivity contribution in [3.05, 3.63) is 51.8 Å². The molecule has 0 aliphatic carbocycles. The summed E-state index contributed by atoms with van der Waals surface area (Å²) in [5, 5.41) is 11.2. The van der Waals surface area contributed by atoms with Crippen LogP contribution in [-0.2, 0) is 0 Å². The monoisotopic (exact) mass is 350 g/mol. The average molecular weight is 351 g/mol. The summed E-state index contributed by atoms with van der Waals surface area (Å²) in [6.45, 7) is 0. The predicted octanol–water partition coefficient (Wildman–Crippen LogP) is -2.11. The van der Waals surface area contributed by atoms with Crippen molar-refractivity contribution in [1.29, 1.82) is 0 Å². The van der Waals surface area contributed by atoms with Crippen molar-refractivity contribution in [2.75, 3.05) is 7.11 Å². The van der Waals surface area contributed by atoms with Gasteiger partial charge >= 0.3 is 23.2 Å². The molecule has 0 aliphatic heterocycles. The molecule has 0 saturated carbocycles. The summed E-state index contributed by atoms with van der Waals surface area (Å²) in [7, 11) is 1.29. The number of guanidine groups is 1. The van der Waals surface area contributed by atoms with Crippen LogP contribution in [0.2, 0.25) is 0 Å². The topological polar surface area (TPSA) is 144 Å². The molecule has 1 heterocycles. The molecule has 5 N–H and O–H groups in total. The first-order valence-corrected chi connectivity index (χ1v) is 6.49. The molecule has 0 aliphatic rings. The van der Waals surface area contributed by atoms with Crippen LogP contribution in [0.1, 0.15) is 11.4 Å². The average Bonchev–Trinajstić information content (AvgIpc) is 2.52. The van der Waals surface area contributed by atoms with Crippen LogP contribution in [0.5, 0.6) is 5.88 Å². The number of nitrogens with two attached hydrogens (primary N) is 2. The van der Waals surface area contributed by atoms with Gasteiger partial charge in [0.15, 0.2) is 5.96 Å². The fourth-order valence-electron chi connectivity index (χ4n) is 1.80. The molecule has 1 aromatic carbocycles. The lowest BCUT2D eigenvalue weighted by molar-refractivity contribution is -0.433. The number of nitro groups is 1. The van der Waals surface area contributed by atoms with Gasteiger partial charge in [-0.1, -0.05) is 30.3 Å². The van der Waals surface area contributed by atoms with Gasteiger partial charge in [0.1, 0.15) is 0 Å². The molecule has 0 atom stereocenters. The summed E-state index contributed by atoms with van der Waals surface area (Å²) >= 11 is 0. The third kappa shape index (κ3) is 4.65. The first kappa shape index (κ1) is 18.8. The number of hydrogen-bond donors (Lipinski definition) is 2. The summed E-state index contributed by atoms with van der Waals surface area (Å²) in [6, 6.07) is 9.47. The highest BCUT2D eigenvalue weighted by Gasteiger charge is 2.31. The third-order valence-electron chi connectivity index (χ3n) is 2.75. The number of methoxy groups -OCH3 is 1. The van der Waals surface area contributed by atoms with Crippen LogP contribution in [0.25, 0.3) is 12.2 Å². The molecule has 126 valence electrons. The first-order valence-electron chi connectivity index (χ1n) is 6.49. The molecule has 2 rings (SSSR count). The van der Waals surface area contributed by atoms with Gasteiger partial charge in [-0.2, -0.15) is 4.99 Å². The molecular weight excluding hydrogens is 336 g/mol. The van der Waals surface area contributed by atoms with Crippen molar-refractivity contribution in [1.82, 2.24) is 4.98 Å². The van der Waals surface area contributed by atoms with Gasteiger partial charge in [-0.05, 0) is 16.6 Å². The molecule has 0 fully saturated rings. The zero-order valence-electron chi connectivity index (χ0n) is 12.6. The maximum Gasteiger partial charge on any atom is 0.423 e. The van der Waals surface area contributed by atoms with Crippen LogP contribution < -0.4 is 33.6 Å². The fraction of sp³-hybridized carbons (Fsp3) is 0.0714. The van der Waals surface area contributed by atoms with Gasteiger partial charge in [0.25, 0.3) is 0 Å². The van der Waals surface area contributed by atoms with Gasteiger partial charge in [-0.25, -0.2) is 4.98 Å².